The Morgan fingerprint density at radius 2 is 0.679 bits per heavy atom. The summed E-state index contributed by atoms with van der Waals surface area (Å²) < 4.78 is 0. The molecule has 0 bridgehead atoms. The van der Waals surface area contributed by atoms with E-state index in [9.17, 15) is 20.2 Å². The van der Waals surface area contributed by atoms with Gasteiger partial charge in [-0.15, -0.1) is 0 Å². The SMILES string of the molecule is O.O.O.O.O=[N+]([O-])c1ccccc1CN(c1ccccn1)c1ccccn1.O=[N+]([O-])c1ccccc1CN(c1ccccn1)c1ccccn1.[Br-].[Br-].[Pt+2]. The predicted molar refractivity (Wildman–Crippen MR) is 189 cm³/mol. The maximum absolute atomic E-state index is 11.2. The average molecular weight is 1040 g/mol. The Morgan fingerprint density at radius 1 is 0.434 bits per heavy atom. The molecule has 8 N–H and O–H groups in total. The van der Waals surface area contributed by atoms with Crippen molar-refractivity contribution in [1.29, 1.82) is 0 Å². The second-order valence-electron chi connectivity index (χ2n) is 9.70. The number of halogens is 2. The zero-order valence-electron chi connectivity index (χ0n) is 27.6. The summed E-state index contributed by atoms with van der Waals surface area (Å²) in [5, 5.41) is 22.5. The van der Waals surface area contributed by atoms with E-state index < -0.39 is 0 Å². The van der Waals surface area contributed by atoms with E-state index in [1.165, 1.54) is 12.1 Å². The Morgan fingerprint density at radius 3 is 0.906 bits per heavy atom. The molecule has 4 aromatic heterocycles. The molecule has 6 aromatic rings. The zero-order valence-corrected chi connectivity index (χ0v) is 33.0. The monoisotopic (exact) mass is 1040 g/mol. The number of para-hydroxylation sites is 2. The Hall–Kier alpha value is -5.07. The van der Waals surface area contributed by atoms with Crippen molar-refractivity contribution in [1.82, 2.24) is 19.9 Å². The molecule has 0 aliphatic carbocycles. The van der Waals surface area contributed by atoms with Crippen molar-refractivity contribution < 1.29 is 86.8 Å². The largest absolute Gasteiger partial charge is 2.00 e. The summed E-state index contributed by atoms with van der Waals surface area (Å²) in [6.07, 6.45) is 6.74. The van der Waals surface area contributed by atoms with Crippen LogP contribution in [0.25, 0.3) is 0 Å². The van der Waals surface area contributed by atoms with Gasteiger partial charge in [-0.2, -0.15) is 0 Å². The molecule has 0 fully saturated rings. The summed E-state index contributed by atoms with van der Waals surface area (Å²) in [4.78, 5) is 42.8. The van der Waals surface area contributed by atoms with E-state index in [0.29, 0.717) is 47.5 Å². The van der Waals surface area contributed by atoms with Crippen molar-refractivity contribution in [3.8, 4) is 0 Å². The second-order valence-corrected chi connectivity index (χ2v) is 9.70. The van der Waals surface area contributed by atoms with Crippen molar-refractivity contribution >= 4 is 34.6 Å². The molecule has 0 radical (unpaired) electrons. The number of nitro groups is 2. The summed E-state index contributed by atoms with van der Waals surface area (Å²) in [6.45, 7) is 0.621. The number of rotatable bonds is 10. The Balaban J connectivity index is -0.000000833. The van der Waals surface area contributed by atoms with Crippen LogP contribution < -0.4 is 43.8 Å². The zero-order chi connectivity index (χ0) is 32.1. The first kappa shape index (κ1) is 52.3. The van der Waals surface area contributed by atoms with Crippen molar-refractivity contribution in [3.63, 3.8) is 0 Å². The third-order valence-electron chi connectivity index (χ3n) is 6.74. The number of nitro benzene ring substituents is 2. The summed E-state index contributed by atoms with van der Waals surface area (Å²) in [5.74, 6) is 2.74. The molecule has 19 heteroatoms. The van der Waals surface area contributed by atoms with Gasteiger partial charge in [-0.25, -0.2) is 19.9 Å². The summed E-state index contributed by atoms with van der Waals surface area (Å²) in [6, 6.07) is 35.6. The molecule has 0 saturated carbocycles. The Bertz CT molecular complexity index is 1680. The molecule has 16 nitrogen and oxygen atoms in total. The van der Waals surface area contributed by atoms with Crippen LogP contribution in [0.15, 0.2) is 146 Å². The second kappa shape index (κ2) is 26.7. The average Bonchev–Trinajstić information content (AvgIpc) is 3.11. The van der Waals surface area contributed by atoms with Gasteiger partial charge >= 0.3 is 21.1 Å². The van der Waals surface area contributed by atoms with Crippen LogP contribution in [-0.2, 0) is 34.2 Å². The standard InChI is InChI=1S/2C17H14N4O2.2BrH.4H2O.Pt/c2*22-21(23)15-8-2-1-7-14(15)13-20(16-9-3-5-11-18-16)17-10-4-6-12-19-17;;;;;;;/h2*1-12H,13H2;2*1H;4*1H2;/q;;;;;;;;+2/p-2. The smallest absolute Gasteiger partial charge is 1.00 e. The normalized spacial score (nSPS) is 8.91. The molecular formula is C34H36Br2N8O8Pt. The van der Waals surface area contributed by atoms with Gasteiger partial charge in [0.25, 0.3) is 11.4 Å². The van der Waals surface area contributed by atoms with Gasteiger partial charge in [-0.05, 0) is 48.5 Å². The van der Waals surface area contributed by atoms with Gasteiger partial charge in [-0.1, -0.05) is 60.7 Å². The van der Waals surface area contributed by atoms with Crippen LogP contribution in [0.5, 0.6) is 0 Å². The van der Waals surface area contributed by atoms with E-state index in [1.54, 1.807) is 61.2 Å². The number of hydrogen-bond acceptors (Lipinski definition) is 10. The van der Waals surface area contributed by atoms with E-state index >= 15 is 0 Å². The van der Waals surface area contributed by atoms with Crippen LogP contribution in [0.3, 0.4) is 0 Å². The van der Waals surface area contributed by atoms with Gasteiger partial charge < -0.3 is 65.7 Å². The molecule has 2 aromatic carbocycles. The van der Waals surface area contributed by atoms with E-state index in [1.807, 2.05) is 82.6 Å². The molecule has 4 heterocycles. The van der Waals surface area contributed by atoms with E-state index in [2.05, 4.69) is 19.9 Å². The van der Waals surface area contributed by atoms with Crippen LogP contribution in [0, 0.1) is 20.2 Å². The van der Waals surface area contributed by atoms with Crippen molar-refractivity contribution in [2.24, 2.45) is 0 Å². The molecule has 0 amide bonds. The topological polar surface area (TPSA) is 270 Å². The van der Waals surface area contributed by atoms with Gasteiger partial charge in [0, 0.05) is 48.0 Å². The van der Waals surface area contributed by atoms with Gasteiger partial charge in [0.2, 0.25) is 0 Å². The van der Waals surface area contributed by atoms with Gasteiger partial charge in [0.05, 0.1) is 22.9 Å². The molecule has 0 spiro atoms. The van der Waals surface area contributed by atoms with E-state index in [4.69, 9.17) is 0 Å². The molecule has 284 valence electrons. The van der Waals surface area contributed by atoms with Crippen molar-refractivity contribution in [2.45, 2.75) is 13.1 Å². The van der Waals surface area contributed by atoms with Gasteiger partial charge in [-0.3, -0.25) is 20.2 Å². The molecule has 0 unspecified atom stereocenters. The van der Waals surface area contributed by atoms with E-state index in [0.717, 1.165) is 0 Å². The first-order valence-corrected chi connectivity index (χ1v) is 14.1. The number of benzene rings is 2. The molecule has 0 aliphatic heterocycles. The van der Waals surface area contributed by atoms with Crippen LogP contribution in [0.2, 0.25) is 0 Å². The first-order valence-electron chi connectivity index (χ1n) is 14.1. The third-order valence-corrected chi connectivity index (χ3v) is 6.74. The molecule has 0 atom stereocenters. The Kier molecular flexibility index (Phi) is 26.3. The molecule has 6 rings (SSSR count). The van der Waals surface area contributed by atoms with Crippen LogP contribution in [0.1, 0.15) is 11.1 Å². The summed E-state index contributed by atoms with van der Waals surface area (Å²) in [5.41, 5.74) is 1.39. The fourth-order valence-electron chi connectivity index (χ4n) is 4.60. The number of pyridine rings is 4. The minimum atomic E-state index is -0.371. The number of hydrogen-bond donors (Lipinski definition) is 0. The number of aromatic nitrogens is 4. The quantitative estimate of drug-likeness (QED) is 0.109. The molecular weight excluding hydrogens is 1000 g/mol. The fraction of sp³-hybridized carbons (Fsp3) is 0.0588. The third kappa shape index (κ3) is 14.5. The molecule has 53 heavy (non-hydrogen) atoms. The molecule has 0 saturated heterocycles. The first-order chi connectivity index (χ1) is 22.5. The van der Waals surface area contributed by atoms with E-state index in [-0.39, 0.29) is 98.2 Å². The Labute approximate surface area is 339 Å². The van der Waals surface area contributed by atoms with Crippen LogP contribution in [0.4, 0.5) is 34.6 Å². The van der Waals surface area contributed by atoms with Crippen LogP contribution >= 0.6 is 0 Å². The minimum absolute atomic E-state index is 0. The van der Waals surface area contributed by atoms with Crippen molar-refractivity contribution in [2.75, 3.05) is 9.80 Å². The van der Waals surface area contributed by atoms with Crippen molar-refractivity contribution in [3.05, 3.63) is 177 Å². The summed E-state index contributed by atoms with van der Waals surface area (Å²) >= 11 is 0. The fourth-order valence-corrected chi connectivity index (χ4v) is 4.60. The van der Waals surface area contributed by atoms with Crippen LogP contribution in [-0.4, -0.2) is 51.7 Å². The minimum Gasteiger partial charge on any atom is -1.00 e. The van der Waals surface area contributed by atoms with Gasteiger partial charge in [0.1, 0.15) is 23.3 Å². The number of anilines is 4. The van der Waals surface area contributed by atoms with Gasteiger partial charge in [0.15, 0.2) is 0 Å². The number of nitrogens with zero attached hydrogens (tertiary/aromatic N) is 8. The predicted octanol–water partition coefficient (Wildman–Crippen LogP) is -1.85. The maximum atomic E-state index is 11.2. The maximum Gasteiger partial charge on any atom is 2.00 e. The molecule has 0 aliphatic rings. The summed E-state index contributed by atoms with van der Waals surface area (Å²) in [7, 11) is 0.